The van der Waals surface area contributed by atoms with Gasteiger partial charge in [-0.05, 0) is 60.1 Å². The summed E-state index contributed by atoms with van der Waals surface area (Å²) in [6.07, 6.45) is 3.72. The second-order valence-electron chi connectivity index (χ2n) is 15.4. The molecule has 0 bridgehead atoms. The summed E-state index contributed by atoms with van der Waals surface area (Å²) >= 11 is 0. The molecule has 310 valence electrons. The maximum absolute atomic E-state index is 13.7. The summed E-state index contributed by atoms with van der Waals surface area (Å²) in [7, 11) is 2.52. The molecule has 2 aromatic heterocycles. The standard InChI is InChI=1S/C43H51N9O7/c1-25(2)36(48-42(56)58-6)40(54)51-20-8-9-34(51)38-44-21-32(46-38)30-16-12-28(13-17-30)10-11-29-14-18-31(19-15-29)33-22-45-39(47-33)35-23-50(27(5)53)24-52(35)41(55)37(26(3)4)49-43(57)59-7/h12-19,21-22,25-26,34-37H,8-9,20,23-24H2,1-7H3,(H,44,46)(H,45,47)(H,48,56)(H,49,57). The molecular formula is C43H51N9O7. The molecule has 4 unspecified atom stereocenters. The highest BCUT2D eigenvalue weighted by atomic mass is 16.5. The van der Waals surface area contributed by atoms with Gasteiger partial charge in [0.25, 0.3) is 0 Å². The van der Waals surface area contributed by atoms with Crippen LogP contribution < -0.4 is 10.6 Å². The van der Waals surface area contributed by atoms with Crippen LogP contribution in [0.1, 0.15) is 82.3 Å². The van der Waals surface area contributed by atoms with Crippen LogP contribution in [-0.2, 0) is 23.9 Å². The normalized spacial score (nSPS) is 17.3. The highest BCUT2D eigenvalue weighted by Gasteiger charge is 2.42. The first-order valence-corrected chi connectivity index (χ1v) is 19.7. The van der Waals surface area contributed by atoms with E-state index in [9.17, 15) is 24.0 Å². The highest BCUT2D eigenvalue weighted by molar-refractivity contribution is 5.88. The zero-order valence-electron chi connectivity index (χ0n) is 34.4. The summed E-state index contributed by atoms with van der Waals surface area (Å²) in [6, 6.07) is 13.2. The number of amides is 5. The van der Waals surface area contributed by atoms with Gasteiger partial charge in [-0.25, -0.2) is 19.6 Å². The number of aromatic amines is 2. The Bertz CT molecular complexity index is 2220. The Balaban J connectivity index is 1.10. The van der Waals surface area contributed by atoms with Crippen molar-refractivity contribution in [2.45, 2.75) is 71.6 Å². The maximum atomic E-state index is 13.7. The van der Waals surface area contributed by atoms with E-state index in [0.29, 0.717) is 18.2 Å². The molecule has 0 spiro atoms. The zero-order valence-corrected chi connectivity index (χ0v) is 34.4. The number of benzene rings is 2. The third kappa shape index (κ3) is 9.57. The van der Waals surface area contributed by atoms with E-state index in [-0.39, 0.29) is 48.8 Å². The Morgan fingerprint density at radius 2 is 1.17 bits per heavy atom. The van der Waals surface area contributed by atoms with Gasteiger partial charge in [-0.15, -0.1) is 0 Å². The predicted octanol–water partition coefficient (Wildman–Crippen LogP) is 4.98. The van der Waals surface area contributed by atoms with Gasteiger partial charge >= 0.3 is 12.2 Å². The van der Waals surface area contributed by atoms with E-state index >= 15 is 0 Å². The molecular weight excluding hydrogens is 755 g/mol. The van der Waals surface area contributed by atoms with Gasteiger partial charge in [0.2, 0.25) is 17.7 Å². The van der Waals surface area contributed by atoms with E-state index in [2.05, 4.69) is 42.4 Å². The van der Waals surface area contributed by atoms with Crippen LogP contribution in [-0.4, -0.2) is 111 Å². The lowest BCUT2D eigenvalue weighted by molar-refractivity contribution is -0.137. The lowest BCUT2D eigenvalue weighted by Gasteiger charge is -2.30. The first-order valence-electron chi connectivity index (χ1n) is 19.7. The fraction of sp³-hybridized carbons (Fsp3) is 0.419. The van der Waals surface area contributed by atoms with Crippen molar-refractivity contribution in [3.8, 4) is 34.4 Å². The smallest absolute Gasteiger partial charge is 0.407 e. The molecule has 16 heteroatoms. The number of nitrogens with one attached hydrogen (secondary N) is 4. The number of H-pyrrole nitrogens is 2. The van der Waals surface area contributed by atoms with Crippen LogP contribution in [0.5, 0.6) is 0 Å². The third-order valence-electron chi connectivity index (χ3n) is 10.7. The van der Waals surface area contributed by atoms with E-state index in [1.807, 2.05) is 76.2 Å². The van der Waals surface area contributed by atoms with Crippen molar-refractivity contribution in [2.75, 3.05) is 34.0 Å². The van der Waals surface area contributed by atoms with Crippen LogP contribution in [0.3, 0.4) is 0 Å². The SMILES string of the molecule is COC(=O)NC(C(=O)N1CCCC1c1ncc(-c2ccc(C#Cc3ccc(-c4cnc(C5CN(C(C)=O)CN5C(=O)C(NC(=O)OC)C(C)C)[nH]4)cc3)cc2)[nH]1)C(C)C. The largest absolute Gasteiger partial charge is 0.453 e. The molecule has 2 aromatic carbocycles. The molecule has 16 nitrogen and oxygen atoms in total. The Morgan fingerprint density at radius 1 is 0.712 bits per heavy atom. The summed E-state index contributed by atoms with van der Waals surface area (Å²) in [5.74, 6) is 6.66. The Labute approximate surface area is 343 Å². The zero-order chi connectivity index (χ0) is 42.4. The molecule has 4 N–H and O–H groups in total. The number of methoxy groups -OCH3 is 2. The van der Waals surface area contributed by atoms with Gasteiger partial charge in [-0.3, -0.25) is 14.4 Å². The summed E-state index contributed by atoms with van der Waals surface area (Å²) in [6.45, 7) is 9.80. The molecule has 2 fully saturated rings. The minimum atomic E-state index is -0.848. The number of likely N-dealkylation sites (tertiary alicyclic amines) is 1. The molecule has 4 atom stereocenters. The van der Waals surface area contributed by atoms with Gasteiger partial charge in [-0.2, -0.15) is 0 Å². The van der Waals surface area contributed by atoms with Crippen molar-refractivity contribution < 1.29 is 33.4 Å². The summed E-state index contributed by atoms with van der Waals surface area (Å²) < 4.78 is 9.48. The monoisotopic (exact) mass is 805 g/mol. The summed E-state index contributed by atoms with van der Waals surface area (Å²) in [5.41, 5.74) is 5.00. The molecule has 4 aromatic rings. The van der Waals surface area contributed by atoms with Crippen molar-refractivity contribution in [2.24, 2.45) is 11.8 Å². The lowest BCUT2D eigenvalue weighted by atomic mass is 10.0. The molecule has 0 aliphatic carbocycles. The molecule has 0 saturated carbocycles. The second-order valence-corrected chi connectivity index (χ2v) is 15.4. The predicted molar refractivity (Wildman–Crippen MR) is 218 cm³/mol. The molecule has 2 aliphatic rings. The lowest BCUT2D eigenvalue weighted by Crippen LogP contribution is -2.51. The van der Waals surface area contributed by atoms with Crippen LogP contribution in [0.15, 0.2) is 60.9 Å². The van der Waals surface area contributed by atoms with Gasteiger partial charge in [0.05, 0.1) is 57.3 Å². The molecule has 2 aliphatic heterocycles. The Hall–Kier alpha value is -6.63. The number of rotatable bonds is 10. The minimum absolute atomic E-state index is 0.0721. The van der Waals surface area contributed by atoms with Gasteiger partial charge < -0.3 is 44.8 Å². The van der Waals surface area contributed by atoms with Gasteiger partial charge in [-0.1, -0.05) is 63.8 Å². The number of imidazole rings is 2. The van der Waals surface area contributed by atoms with Crippen molar-refractivity contribution in [1.82, 2.24) is 45.3 Å². The fourth-order valence-corrected chi connectivity index (χ4v) is 7.32. The number of hydrogen-bond acceptors (Lipinski definition) is 9. The van der Waals surface area contributed by atoms with Crippen LogP contribution in [0, 0.1) is 23.7 Å². The molecule has 5 amide bonds. The number of carbonyl (C=O) groups is 5. The fourth-order valence-electron chi connectivity index (χ4n) is 7.32. The van der Waals surface area contributed by atoms with Gasteiger partial charge in [0, 0.05) is 24.6 Å². The molecule has 6 rings (SSSR count). The average molecular weight is 806 g/mol. The average Bonchev–Trinajstić information content (AvgIpc) is 4.07. The van der Waals surface area contributed by atoms with Crippen LogP contribution >= 0.6 is 0 Å². The maximum Gasteiger partial charge on any atom is 0.407 e. The van der Waals surface area contributed by atoms with Crippen LogP contribution in [0.2, 0.25) is 0 Å². The van der Waals surface area contributed by atoms with Crippen molar-refractivity contribution in [1.29, 1.82) is 0 Å². The molecule has 4 heterocycles. The number of aromatic nitrogens is 4. The number of alkyl carbamates (subject to hydrolysis) is 2. The Morgan fingerprint density at radius 3 is 1.61 bits per heavy atom. The van der Waals surface area contributed by atoms with E-state index in [1.165, 1.54) is 21.1 Å². The van der Waals surface area contributed by atoms with E-state index in [4.69, 9.17) is 9.47 Å². The topological polar surface area (TPSA) is 195 Å². The van der Waals surface area contributed by atoms with E-state index in [1.54, 1.807) is 27.1 Å². The van der Waals surface area contributed by atoms with Gasteiger partial charge in [0.15, 0.2) is 0 Å². The molecule has 59 heavy (non-hydrogen) atoms. The van der Waals surface area contributed by atoms with Crippen LogP contribution in [0.4, 0.5) is 9.59 Å². The Kier molecular flexibility index (Phi) is 13.0. The summed E-state index contributed by atoms with van der Waals surface area (Å²) in [5, 5.41) is 5.31. The van der Waals surface area contributed by atoms with Crippen molar-refractivity contribution in [3.05, 3.63) is 83.7 Å². The first kappa shape index (κ1) is 42.0. The van der Waals surface area contributed by atoms with Gasteiger partial charge in [0.1, 0.15) is 29.8 Å². The van der Waals surface area contributed by atoms with E-state index < -0.39 is 30.3 Å². The number of ether oxygens (including phenoxy) is 2. The van der Waals surface area contributed by atoms with Crippen molar-refractivity contribution >= 4 is 29.9 Å². The minimum Gasteiger partial charge on any atom is -0.453 e. The third-order valence-corrected chi connectivity index (χ3v) is 10.7. The quantitative estimate of drug-likeness (QED) is 0.160. The summed E-state index contributed by atoms with van der Waals surface area (Å²) in [4.78, 5) is 84.4. The molecule has 0 radical (unpaired) electrons. The second kappa shape index (κ2) is 18.3. The number of hydrogen-bond donors (Lipinski definition) is 4. The van der Waals surface area contributed by atoms with Crippen molar-refractivity contribution in [3.63, 3.8) is 0 Å². The van der Waals surface area contributed by atoms with E-state index in [0.717, 1.165) is 46.5 Å². The first-order chi connectivity index (χ1) is 28.3. The number of nitrogens with zero attached hydrogens (tertiary/aromatic N) is 5. The highest BCUT2D eigenvalue weighted by Crippen LogP contribution is 2.33. The van der Waals surface area contributed by atoms with Crippen LogP contribution in [0.25, 0.3) is 22.5 Å². The molecule has 2 saturated heterocycles. The number of carbonyl (C=O) groups excluding carboxylic acids is 5.